The Hall–Kier alpha value is -0.710. The van der Waals surface area contributed by atoms with Gasteiger partial charge in [-0.15, -0.1) is 0 Å². The van der Waals surface area contributed by atoms with Crippen LogP contribution in [-0.4, -0.2) is 46.8 Å². The third kappa shape index (κ3) is 4.14. The minimum absolute atomic E-state index is 0.398. The van der Waals surface area contributed by atoms with Gasteiger partial charge in [0.1, 0.15) is 0 Å². The average molecular weight is 294 g/mol. The second-order valence-corrected chi connectivity index (χ2v) is 7.51. The van der Waals surface area contributed by atoms with Crippen molar-refractivity contribution in [2.45, 2.75) is 25.9 Å². The summed E-state index contributed by atoms with van der Waals surface area (Å²) in [5.74, 6) is 1.38. The summed E-state index contributed by atoms with van der Waals surface area (Å²) >= 11 is 0. The Bertz CT molecular complexity index is 435. The molecule has 3 nitrogen and oxygen atoms in total. The van der Waals surface area contributed by atoms with Crippen LogP contribution in [0.3, 0.4) is 0 Å². The Morgan fingerprint density at radius 3 is 2.65 bits per heavy atom. The summed E-state index contributed by atoms with van der Waals surface area (Å²) in [5.41, 5.74) is 1.35. The van der Waals surface area contributed by atoms with Crippen molar-refractivity contribution in [1.29, 1.82) is 0 Å². The van der Waals surface area contributed by atoms with Crippen LogP contribution >= 0.6 is 0 Å². The summed E-state index contributed by atoms with van der Waals surface area (Å²) in [6.07, 6.45) is 1.79. The van der Waals surface area contributed by atoms with Gasteiger partial charge in [0.15, 0.2) is 0 Å². The lowest BCUT2D eigenvalue weighted by molar-refractivity contribution is 0.120. The van der Waals surface area contributed by atoms with Crippen molar-refractivity contribution in [3.05, 3.63) is 35.9 Å². The molecule has 1 saturated heterocycles. The molecule has 3 atom stereocenters. The minimum atomic E-state index is -0.723. The highest BCUT2D eigenvalue weighted by atomic mass is 32.2. The highest BCUT2D eigenvalue weighted by Crippen LogP contribution is 2.25. The number of nitrogens with zero attached hydrogens (tertiary/aromatic N) is 1. The summed E-state index contributed by atoms with van der Waals surface area (Å²) in [5, 5.41) is 3.67. The van der Waals surface area contributed by atoms with Gasteiger partial charge in [0.25, 0.3) is 0 Å². The largest absolute Gasteiger partial charge is 0.311 e. The molecule has 0 radical (unpaired) electrons. The maximum atomic E-state index is 11.4. The Morgan fingerprint density at radius 2 is 2.05 bits per heavy atom. The Morgan fingerprint density at radius 1 is 1.35 bits per heavy atom. The van der Waals surface area contributed by atoms with Crippen molar-refractivity contribution in [2.24, 2.45) is 5.92 Å². The second-order valence-electron chi connectivity index (χ2n) is 5.96. The van der Waals surface area contributed by atoms with E-state index in [9.17, 15) is 4.21 Å². The van der Waals surface area contributed by atoms with Crippen molar-refractivity contribution in [2.75, 3.05) is 31.6 Å². The number of piperazine rings is 1. The lowest BCUT2D eigenvalue weighted by Gasteiger charge is -2.42. The molecule has 1 heterocycles. The van der Waals surface area contributed by atoms with Gasteiger partial charge in [-0.25, -0.2) is 0 Å². The van der Waals surface area contributed by atoms with Crippen LogP contribution in [0.2, 0.25) is 0 Å². The molecule has 0 bridgehead atoms. The normalized spacial score (nSPS) is 25.8. The zero-order chi connectivity index (χ0) is 14.5. The summed E-state index contributed by atoms with van der Waals surface area (Å²) in [6.45, 7) is 7.44. The molecule has 0 spiro atoms. The van der Waals surface area contributed by atoms with Gasteiger partial charge in [-0.1, -0.05) is 44.2 Å². The molecule has 0 saturated carbocycles. The number of benzene rings is 1. The zero-order valence-electron chi connectivity index (χ0n) is 12.7. The number of hydrogen-bond acceptors (Lipinski definition) is 3. The monoisotopic (exact) mass is 294 g/mol. The van der Waals surface area contributed by atoms with E-state index in [1.165, 1.54) is 5.56 Å². The molecular formula is C16H26N2OS. The molecule has 0 aliphatic carbocycles. The second kappa shape index (κ2) is 7.34. The summed E-state index contributed by atoms with van der Waals surface area (Å²) < 4.78 is 11.4. The van der Waals surface area contributed by atoms with Gasteiger partial charge < -0.3 is 5.32 Å². The molecule has 3 unspecified atom stereocenters. The quantitative estimate of drug-likeness (QED) is 0.902. The molecule has 1 aromatic rings. The third-order valence-electron chi connectivity index (χ3n) is 4.10. The fourth-order valence-electron chi connectivity index (χ4n) is 2.78. The van der Waals surface area contributed by atoms with Gasteiger partial charge in [-0.2, -0.15) is 0 Å². The van der Waals surface area contributed by atoms with Gasteiger partial charge in [0.2, 0.25) is 0 Å². The smallest absolute Gasteiger partial charge is 0.0473 e. The molecule has 1 aliphatic heterocycles. The van der Waals surface area contributed by atoms with Crippen molar-refractivity contribution < 1.29 is 4.21 Å². The fraction of sp³-hybridized carbons (Fsp3) is 0.625. The first-order chi connectivity index (χ1) is 9.58. The van der Waals surface area contributed by atoms with E-state index in [1.54, 1.807) is 6.26 Å². The molecule has 0 aromatic heterocycles. The first-order valence-corrected chi connectivity index (χ1v) is 9.13. The SMILES string of the molecule is CC(C)C1CN(CCS(C)=O)C(c2ccccc2)CN1. The number of hydrogen-bond donors (Lipinski definition) is 1. The predicted octanol–water partition coefficient (Wildman–Crippen LogP) is 2.04. The summed E-state index contributed by atoms with van der Waals surface area (Å²) in [6, 6.07) is 11.6. The molecule has 112 valence electrons. The highest BCUT2D eigenvalue weighted by molar-refractivity contribution is 7.84. The molecule has 1 aliphatic rings. The van der Waals surface area contributed by atoms with Crippen LogP contribution in [0.15, 0.2) is 30.3 Å². The number of rotatable bonds is 5. The Balaban J connectivity index is 2.10. The van der Waals surface area contributed by atoms with Crippen LogP contribution in [0.5, 0.6) is 0 Å². The molecule has 4 heteroatoms. The van der Waals surface area contributed by atoms with E-state index in [0.29, 0.717) is 18.0 Å². The minimum Gasteiger partial charge on any atom is -0.311 e. The Labute approximate surface area is 125 Å². The third-order valence-corrected chi connectivity index (χ3v) is 4.86. The van der Waals surface area contributed by atoms with Crippen LogP contribution in [0, 0.1) is 5.92 Å². The van der Waals surface area contributed by atoms with Gasteiger partial charge in [-0.05, 0) is 11.5 Å². The van der Waals surface area contributed by atoms with Gasteiger partial charge in [-0.3, -0.25) is 9.11 Å². The van der Waals surface area contributed by atoms with E-state index in [2.05, 4.69) is 54.4 Å². The zero-order valence-corrected chi connectivity index (χ0v) is 13.5. The number of nitrogens with one attached hydrogen (secondary N) is 1. The predicted molar refractivity (Wildman–Crippen MR) is 86.3 cm³/mol. The molecule has 1 aromatic carbocycles. The molecular weight excluding hydrogens is 268 g/mol. The van der Waals surface area contributed by atoms with E-state index in [0.717, 1.165) is 25.4 Å². The van der Waals surface area contributed by atoms with Crippen LogP contribution in [0.4, 0.5) is 0 Å². The summed E-state index contributed by atoms with van der Waals surface area (Å²) in [7, 11) is -0.723. The lowest BCUT2D eigenvalue weighted by Crippen LogP contribution is -2.54. The summed E-state index contributed by atoms with van der Waals surface area (Å²) in [4.78, 5) is 2.50. The highest BCUT2D eigenvalue weighted by Gasteiger charge is 2.29. The van der Waals surface area contributed by atoms with Crippen LogP contribution in [-0.2, 0) is 10.8 Å². The molecule has 2 rings (SSSR count). The Kier molecular flexibility index (Phi) is 5.75. The average Bonchev–Trinajstić information content (AvgIpc) is 2.45. The maximum Gasteiger partial charge on any atom is 0.0473 e. The van der Waals surface area contributed by atoms with Crippen LogP contribution in [0.1, 0.15) is 25.5 Å². The molecule has 0 amide bonds. The maximum absolute atomic E-state index is 11.4. The standard InChI is InChI=1S/C16H26N2OS/c1-13(2)15-12-18(9-10-20(3)19)16(11-17-15)14-7-5-4-6-8-14/h4-8,13,15-17H,9-12H2,1-3H3. The van der Waals surface area contributed by atoms with Crippen molar-refractivity contribution >= 4 is 10.8 Å². The van der Waals surface area contributed by atoms with Crippen molar-refractivity contribution in [3.63, 3.8) is 0 Å². The van der Waals surface area contributed by atoms with E-state index < -0.39 is 10.8 Å². The lowest BCUT2D eigenvalue weighted by atomic mass is 9.96. The van der Waals surface area contributed by atoms with Gasteiger partial charge in [0.05, 0.1) is 0 Å². The topological polar surface area (TPSA) is 32.3 Å². The van der Waals surface area contributed by atoms with Crippen molar-refractivity contribution in [3.8, 4) is 0 Å². The molecule has 1 N–H and O–H groups in total. The van der Waals surface area contributed by atoms with E-state index in [4.69, 9.17) is 0 Å². The van der Waals surface area contributed by atoms with Crippen LogP contribution < -0.4 is 5.32 Å². The van der Waals surface area contributed by atoms with Gasteiger partial charge >= 0.3 is 0 Å². The van der Waals surface area contributed by atoms with Crippen LogP contribution in [0.25, 0.3) is 0 Å². The molecule has 1 fully saturated rings. The molecule has 20 heavy (non-hydrogen) atoms. The first-order valence-electron chi connectivity index (χ1n) is 7.40. The fourth-order valence-corrected chi connectivity index (χ4v) is 3.27. The van der Waals surface area contributed by atoms with E-state index in [1.807, 2.05) is 0 Å². The van der Waals surface area contributed by atoms with E-state index >= 15 is 0 Å². The van der Waals surface area contributed by atoms with Crippen molar-refractivity contribution in [1.82, 2.24) is 10.2 Å². The van der Waals surface area contributed by atoms with E-state index in [-0.39, 0.29) is 0 Å². The first kappa shape index (κ1) is 15.7. The van der Waals surface area contributed by atoms with Gasteiger partial charge in [0, 0.05) is 54.5 Å².